The van der Waals surface area contributed by atoms with Crippen LogP contribution in [0.5, 0.6) is 0 Å². The van der Waals surface area contributed by atoms with Crippen molar-refractivity contribution in [2.75, 3.05) is 5.32 Å². The van der Waals surface area contributed by atoms with Crippen molar-refractivity contribution in [1.29, 1.82) is 0 Å². The van der Waals surface area contributed by atoms with Crippen LogP contribution in [-0.4, -0.2) is 17.0 Å². The second-order valence-corrected chi connectivity index (χ2v) is 5.74. The third-order valence-corrected chi connectivity index (χ3v) is 3.89. The number of carbonyl (C=O) groups excluding carboxylic acids is 1. The first-order valence-corrected chi connectivity index (χ1v) is 7.23. The van der Waals surface area contributed by atoms with Crippen molar-refractivity contribution in [1.82, 2.24) is 0 Å². The monoisotopic (exact) mass is 387 g/mol. The maximum atomic E-state index is 12.2. The Morgan fingerprint density at radius 3 is 2.52 bits per heavy atom. The summed E-state index contributed by atoms with van der Waals surface area (Å²) in [6, 6.07) is 9.20. The van der Waals surface area contributed by atoms with Gasteiger partial charge >= 0.3 is 5.97 Å². The molecule has 2 N–H and O–H groups in total. The molecule has 0 heterocycles. The van der Waals surface area contributed by atoms with E-state index >= 15 is 0 Å². The number of anilines is 1. The molecule has 2 aromatic carbocycles. The molecule has 0 saturated carbocycles. The fraction of sp³-hybridized carbons (Fsp3) is 0. The Morgan fingerprint density at radius 1 is 1.14 bits per heavy atom. The molecule has 0 unspecified atom stereocenters. The van der Waals surface area contributed by atoms with Crippen LogP contribution < -0.4 is 5.32 Å². The van der Waals surface area contributed by atoms with E-state index < -0.39 is 11.9 Å². The molecule has 0 aromatic heterocycles. The smallest absolute Gasteiger partial charge is 0.339 e. The Balaban J connectivity index is 2.39. The van der Waals surface area contributed by atoms with E-state index in [1.807, 2.05) is 0 Å². The normalized spacial score (nSPS) is 10.2. The number of amides is 1. The summed E-state index contributed by atoms with van der Waals surface area (Å²) in [6.45, 7) is 0. The lowest BCUT2D eigenvalue weighted by Crippen LogP contribution is -2.15. The van der Waals surface area contributed by atoms with Gasteiger partial charge in [-0.05, 0) is 46.3 Å². The molecule has 0 aliphatic carbocycles. The zero-order chi connectivity index (χ0) is 15.6. The van der Waals surface area contributed by atoms with Gasteiger partial charge in [-0.3, -0.25) is 4.79 Å². The minimum atomic E-state index is -1.22. The van der Waals surface area contributed by atoms with Crippen molar-refractivity contribution in [2.24, 2.45) is 0 Å². The van der Waals surface area contributed by atoms with Crippen molar-refractivity contribution in [3.05, 3.63) is 62.0 Å². The first-order valence-electron chi connectivity index (χ1n) is 5.68. The molecule has 0 atom stereocenters. The first-order chi connectivity index (χ1) is 9.90. The highest BCUT2D eigenvalue weighted by Crippen LogP contribution is 2.26. The first kappa shape index (κ1) is 15.8. The molecule has 108 valence electrons. The molecule has 0 aliphatic heterocycles. The molecule has 0 spiro atoms. The lowest BCUT2D eigenvalue weighted by atomic mass is 10.1. The van der Waals surface area contributed by atoms with Gasteiger partial charge in [-0.15, -0.1) is 0 Å². The molecule has 0 aliphatic rings. The number of halogens is 3. The molecule has 1 amide bonds. The number of hydrogen-bond donors (Lipinski definition) is 2. The predicted molar refractivity (Wildman–Crippen MR) is 85.5 cm³/mol. The summed E-state index contributed by atoms with van der Waals surface area (Å²) >= 11 is 14.9. The van der Waals surface area contributed by atoms with Crippen molar-refractivity contribution in [3.8, 4) is 0 Å². The lowest BCUT2D eigenvalue weighted by molar-refractivity contribution is 0.0698. The summed E-state index contributed by atoms with van der Waals surface area (Å²) in [5.41, 5.74) is 0.247. The number of carboxylic acid groups (broad SMARTS) is 1. The van der Waals surface area contributed by atoms with Crippen LogP contribution in [-0.2, 0) is 0 Å². The average molecular weight is 389 g/mol. The van der Waals surface area contributed by atoms with Crippen LogP contribution in [0.25, 0.3) is 0 Å². The molecule has 0 fully saturated rings. The van der Waals surface area contributed by atoms with Gasteiger partial charge in [0.15, 0.2) is 0 Å². The lowest BCUT2D eigenvalue weighted by Gasteiger charge is -2.11. The van der Waals surface area contributed by atoms with E-state index in [0.29, 0.717) is 15.1 Å². The number of aromatic carboxylic acids is 1. The van der Waals surface area contributed by atoms with Crippen LogP contribution in [0.2, 0.25) is 10.0 Å². The number of carboxylic acids is 1. The minimum absolute atomic E-state index is 0.0467. The number of rotatable bonds is 3. The van der Waals surface area contributed by atoms with E-state index in [1.165, 1.54) is 18.2 Å². The van der Waals surface area contributed by atoms with Gasteiger partial charge in [-0.1, -0.05) is 29.3 Å². The van der Waals surface area contributed by atoms with Gasteiger partial charge in [-0.25, -0.2) is 4.79 Å². The number of benzene rings is 2. The zero-order valence-corrected chi connectivity index (χ0v) is 13.5. The zero-order valence-electron chi connectivity index (χ0n) is 10.4. The fourth-order valence-electron chi connectivity index (χ4n) is 1.71. The largest absolute Gasteiger partial charge is 0.478 e. The summed E-state index contributed by atoms with van der Waals surface area (Å²) in [5.74, 6) is -1.71. The van der Waals surface area contributed by atoms with Crippen LogP contribution in [0.4, 0.5) is 5.69 Å². The molecular weight excluding hydrogens is 381 g/mol. The second kappa shape index (κ2) is 6.47. The van der Waals surface area contributed by atoms with E-state index in [9.17, 15) is 9.59 Å². The Kier molecular flexibility index (Phi) is 4.88. The van der Waals surface area contributed by atoms with E-state index in [4.69, 9.17) is 28.3 Å². The molecule has 2 rings (SSSR count). The maximum absolute atomic E-state index is 12.2. The van der Waals surface area contributed by atoms with E-state index in [1.54, 1.807) is 18.2 Å². The highest BCUT2D eigenvalue weighted by atomic mass is 79.9. The van der Waals surface area contributed by atoms with Crippen LogP contribution in [0.3, 0.4) is 0 Å². The van der Waals surface area contributed by atoms with Crippen LogP contribution in [0, 0.1) is 0 Å². The van der Waals surface area contributed by atoms with Gasteiger partial charge in [0.05, 0.1) is 16.3 Å². The SMILES string of the molecule is O=C(Nc1cccc(Cl)c1C(=O)O)c1cc(Cl)ccc1Br. The van der Waals surface area contributed by atoms with E-state index in [-0.39, 0.29) is 16.3 Å². The molecule has 0 saturated heterocycles. The Hall–Kier alpha value is -1.56. The molecular formula is C14H8BrCl2NO3. The van der Waals surface area contributed by atoms with Gasteiger partial charge in [0.25, 0.3) is 5.91 Å². The fourth-order valence-corrected chi connectivity index (χ4v) is 2.56. The van der Waals surface area contributed by atoms with Crippen molar-refractivity contribution in [2.45, 2.75) is 0 Å². The van der Waals surface area contributed by atoms with E-state index in [2.05, 4.69) is 21.2 Å². The predicted octanol–water partition coefficient (Wildman–Crippen LogP) is 4.71. The summed E-state index contributed by atoms with van der Waals surface area (Å²) < 4.78 is 0.545. The van der Waals surface area contributed by atoms with Crippen LogP contribution in [0.1, 0.15) is 20.7 Å². The van der Waals surface area contributed by atoms with E-state index in [0.717, 1.165) is 0 Å². The number of carbonyl (C=O) groups is 2. The van der Waals surface area contributed by atoms with Gasteiger partial charge in [0.1, 0.15) is 5.56 Å². The summed E-state index contributed by atoms with van der Waals surface area (Å²) in [4.78, 5) is 23.5. The third-order valence-electron chi connectivity index (χ3n) is 2.65. The summed E-state index contributed by atoms with van der Waals surface area (Å²) in [7, 11) is 0. The van der Waals surface area contributed by atoms with Crippen molar-refractivity contribution >= 4 is 56.7 Å². The molecule has 2 aromatic rings. The van der Waals surface area contributed by atoms with Gasteiger partial charge in [0.2, 0.25) is 0 Å². The number of nitrogens with one attached hydrogen (secondary N) is 1. The van der Waals surface area contributed by atoms with Gasteiger partial charge in [-0.2, -0.15) is 0 Å². The summed E-state index contributed by atoms with van der Waals surface area (Å²) in [6.07, 6.45) is 0. The van der Waals surface area contributed by atoms with Crippen LogP contribution >= 0.6 is 39.1 Å². The number of hydrogen-bond acceptors (Lipinski definition) is 2. The topological polar surface area (TPSA) is 66.4 Å². The van der Waals surface area contributed by atoms with Crippen molar-refractivity contribution in [3.63, 3.8) is 0 Å². The molecule has 0 radical (unpaired) electrons. The Labute approximate surface area is 138 Å². The summed E-state index contributed by atoms with van der Waals surface area (Å²) in [5, 5.41) is 12.1. The second-order valence-electron chi connectivity index (χ2n) is 4.05. The third kappa shape index (κ3) is 3.56. The molecule has 4 nitrogen and oxygen atoms in total. The van der Waals surface area contributed by atoms with Gasteiger partial charge in [0, 0.05) is 9.50 Å². The van der Waals surface area contributed by atoms with Gasteiger partial charge < -0.3 is 10.4 Å². The molecule has 21 heavy (non-hydrogen) atoms. The Morgan fingerprint density at radius 2 is 1.86 bits per heavy atom. The standard InChI is InChI=1S/C14H8BrCl2NO3/c15-9-5-4-7(16)6-8(9)13(19)18-11-3-1-2-10(17)12(11)14(20)21/h1-6H,(H,18,19)(H,20,21). The molecule has 7 heteroatoms. The average Bonchev–Trinajstić information content (AvgIpc) is 2.41. The Bertz CT molecular complexity index is 734. The highest BCUT2D eigenvalue weighted by molar-refractivity contribution is 9.10. The quantitative estimate of drug-likeness (QED) is 0.800. The molecule has 0 bridgehead atoms. The highest BCUT2D eigenvalue weighted by Gasteiger charge is 2.18. The minimum Gasteiger partial charge on any atom is -0.478 e. The van der Waals surface area contributed by atoms with Crippen LogP contribution in [0.15, 0.2) is 40.9 Å². The van der Waals surface area contributed by atoms with Crippen molar-refractivity contribution < 1.29 is 14.7 Å². The maximum Gasteiger partial charge on any atom is 0.339 e.